The maximum absolute atomic E-state index is 10.9. The second-order valence-electron chi connectivity index (χ2n) is 4.57. The van der Waals surface area contributed by atoms with Gasteiger partial charge in [0.15, 0.2) is 0 Å². The van der Waals surface area contributed by atoms with E-state index in [0.29, 0.717) is 18.9 Å². The Labute approximate surface area is 93.1 Å². The first-order valence-corrected chi connectivity index (χ1v) is 5.88. The summed E-state index contributed by atoms with van der Waals surface area (Å²) in [5, 5.41) is 0. The van der Waals surface area contributed by atoms with E-state index in [0.717, 1.165) is 18.8 Å². The van der Waals surface area contributed by atoms with Gasteiger partial charge in [-0.1, -0.05) is 34.1 Å². The minimum Gasteiger partial charge on any atom is -0.298 e. The van der Waals surface area contributed by atoms with E-state index in [-0.39, 0.29) is 5.97 Å². The van der Waals surface area contributed by atoms with Crippen LogP contribution in [0.3, 0.4) is 0 Å². The van der Waals surface area contributed by atoms with Crippen LogP contribution in [0.1, 0.15) is 53.4 Å². The van der Waals surface area contributed by atoms with Crippen LogP contribution in [-0.4, -0.2) is 12.6 Å². The van der Waals surface area contributed by atoms with Crippen molar-refractivity contribution in [1.82, 2.24) is 0 Å². The number of carbonyl (C=O) groups excluding carboxylic acids is 1. The number of rotatable bonds is 8. The zero-order valence-corrected chi connectivity index (χ0v) is 10.4. The molecular formula is C12H24O3. The van der Waals surface area contributed by atoms with Gasteiger partial charge in [0, 0.05) is 6.42 Å². The Bertz CT molecular complexity index is 166. The molecule has 0 aliphatic heterocycles. The van der Waals surface area contributed by atoms with Gasteiger partial charge in [-0.2, -0.15) is 4.89 Å². The molecule has 0 N–H and O–H groups in total. The van der Waals surface area contributed by atoms with Gasteiger partial charge in [-0.25, -0.2) is 4.79 Å². The Morgan fingerprint density at radius 1 is 1.20 bits per heavy atom. The van der Waals surface area contributed by atoms with Crippen LogP contribution in [0.4, 0.5) is 0 Å². The molecule has 0 saturated carbocycles. The molecule has 90 valence electrons. The summed E-state index contributed by atoms with van der Waals surface area (Å²) in [6.07, 6.45) is 3.53. The van der Waals surface area contributed by atoms with Crippen molar-refractivity contribution < 1.29 is 14.6 Å². The molecule has 0 aromatic heterocycles. The number of hydrogen-bond acceptors (Lipinski definition) is 3. The first kappa shape index (κ1) is 14.4. The Kier molecular flexibility index (Phi) is 8.38. The molecule has 0 aromatic carbocycles. The lowest BCUT2D eigenvalue weighted by atomic mass is 10.0. The van der Waals surface area contributed by atoms with Crippen molar-refractivity contribution in [3.63, 3.8) is 0 Å². The van der Waals surface area contributed by atoms with Crippen LogP contribution in [-0.2, 0) is 14.6 Å². The lowest BCUT2D eigenvalue weighted by Gasteiger charge is -2.12. The summed E-state index contributed by atoms with van der Waals surface area (Å²) < 4.78 is 0. The third-order valence-electron chi connectivity index (χ3n) is 2.20. The molecule has 1 atom stereocenters. The lowest BCUT2D eigenvalue weighted by Crippen LogP contribution is -2.11. The summed E-state index contributed by atoms with van der Waals surface area (Å²) >= 11 is 0. The van der Waals surface area contributed by atoms with Crippen LogP contribution in [0.15, 0.2) is 0 Å². The fraction of sp³-hybridized carbons (Fsp3) is 0.917. The minimum absolute atomic E-state index is 0.270. The van der Waals surface area contributed by atoms with Gasteiger partial charge in [0.25, 0.3) is 0 Å². The van der Waals surface area contributed by atoms with Crippen LogP contribution in [0, 0.1) is 11.8 Å². The topological polar surface area (TPSA) is 35.5 Å². The highest BCUT2D eigenvalue weighted by Gasteiger charge is 2.07. The monoisotopic (exact) mass is 216 g/mol. The van der Waals surface area contributed by atoms with E-state index in [1.807, 2.05) is 6.92 Å². The zero-order chi connectivity index (χ0) is 11.7. The molecule has 0 fully saturated rings. The Morgan fingerprint density at radius 3 is 2.40 bits per heavy atom. The van der Waals surface area contributed by atoms with E-state index in [1.54, 1.807) is 0 Å². The summed E-state index contributed by atoms with van der Waals surface area (Å²) in [5.41, 5.74) is 0. The van der Waals surface area contributed by atoms with E-state index >= 15 is 0 Å². The molecule has 0 spiro atoms. The van der Waals surface area contributed by atoms with Gasteiger partial charge in [-0.15, -0.1) is 0 Å². The maximum Gasteiger partial charge on any atom is 0.342 e. The molecule has 0 aromatic rings. The number of hydrogen-bond donors (Lipinski definition) is 0. The van der Waals surface area contributed by atoms with Crippen LogP contribution < -0.4 is 0 Å². The molecule has 0 amide bonds. The van der Waals surface area contributed by atoms with E-state index in [1.165, 1.54) is 6.42 Å². The van der Waals surface area contributed by atoms with Crippen LogP contribution in [0.5, 0.6) is 0 Å². The highest BCUT2D eigenvalue weighted by Crippen LogP contribution is 2.12. The average molecular weight is 216 g/mol. The highest BCUT2D eigenvalue weighted by atomic mass is 17.2. The normalized spacial score (nSPS) is 12.9. The number of carbonyl (C=O) groups is 1. The molecule has 0 aliphatic carbocycles. The molecule has 0 heterocycles. The smallest absolute Gasteiger partial charge is 0.298 e. The molecule has 0 rings (SSSR count). The molecule has 0 aliphatic rings. The van der Waals surface area contributed by atoms with Crippen molar-refractivity contribution in [2.75, 3.05) is 6.61 Å². The van der Waals surface area contributed by atoms with Gasteiger partial charge in [0.05, 0.1) is 6.61 Å². The molecule has 0 bridgehead atoms. The second kappa shape index (κ2) is 8.72. The predicted molar refractivity (Wildman–Crippen MR) is 60.2 cm³/mol. The molecule has 1 unspecified atom stereocenters. The van der Waals surface area contributed by atoms with Crippen molar-refractivity contribution in [1.29, 1.82) is 0 Å². The van der Waals surface area contributed by atoms with Crippen LogP contribution in [0.25, 0.3) is 0 Å². The molecule has 0 radical (unpaired) electrons. The summed E-state index contributed by atoms with van der Waals surface area (Å²) in [5.74, 6) is 0.894. The van der Waals surface area contributed by atoms with Gasteiger partial charge in [-0.3, -0.25) is 4.89 Å². The SMILES string of the molecule is CCCC(=O)OOCC(C)CCC(C)C. The lowest BCUT2D eigenvalue weighted by molar-refractivity contribution is -0.277. The van der Waals surface area contributed by atoms with Crippen LogP contribution in [0.2, 0.25) is 0 Å². The standard InChI is InChI=1S/C12H24O3/c1-5-6-12(13)15-14-9-11(4)8-7-10(2)3/h10-11H,5-9H2,1-4H3. The van der Waals surface area contributed by atoms with Gasteiger partial charge in [0.1, 0.15) is 0 Å². The Balaban J connectivity index is 3.38. The fourth-order valence-corrected chi connectivity index (χ4v) is 1.16. The van der Waals surface area contributed by atoms with Crippen molar-refractivity contribution in [3.8, 4) is 0 Å². The molecular weight excluding hydrogens is 192 g/mol. The molecule has 0 saturated heterocycles. The van der Waals surface area contributed by atoms with Crippen molar-refractivity contribution in [2.45, 2.75) is 53.4 Å². The summed E-state index contributed by atoms with van der Waals surface area (Å²) in [7, 11) is 0. The van der Waals surface area contributed by atoms with Gasteiger partial charge >= 0.3 is 5.97 Å². The minimum atomic E-state index is -0.270. The van der Waals surface area contributed by atoms with Gasteiger partial charge < -0.3 is 0 Å². The quantitative estimate of drug-likeness (QED) is 0.461. The van der Waals surface area contributed by atoms with Crippen molar-refractivity contribution in [3.05, 3.63) is 0 Å². The van der Waals surface area contributed by atoms with E-state index < -0.39 is 0 Å². The first-order chi connectivity index (χ1) is 7.06. The van der Waals surface area contributed by atoms with E-state index in [2.05, 4.69) is 25.7 Å². The molecule has 3 heteroatoms. The molecule has 15 heavy (non-hydrogen) atoms. The average Bonchev–Trinajstić information content (AvgIpc) is 2.15. The van der Waals surface area contributed by atoms with Gasteiger partial charge in [0.2, 0.25) is 0 Å². The van der Waals surface area contributed by atoms with Crippen molar-refractivity contribution >= 4 is 5.97 Å². The fourth-order valence-electron chi connectivity index (χ4n) is 1.16. The largest absolute Gasteiger partial charge is 0.342 e. The van der Waals surface area contributed by atoms with E-state index in [4.69, 9.17) is 4.89 Å². The second-order valence-corrected chi connectivity index (χ2v) is 4.57. The zero-order valence-electron chi connectivity index (χ0n) is 10.4. The van der Waals surface area contributed by atoms with Crippen LogP contribution >= 0.6 is 0 Å². The molecule has 3 nitrogen and oxygen atoms in total. The Morgan fingerprint density at radius 2 is 1.87 bits per heavy atom. The summed E-state index contributed by atoms with van der Waals surface area (Å²) in [6.45, 7) is 8.95. The third-order valence-corrected chi connectivity index (χ3v) is 2.20. The highest BCUT2D eigenvalue weighted by molar-refractivity contribution is 5.68. The first-order valence-electron chi connectivity index (χ1n) is 5.88. The summed E-state index contributed by atoms with van der Waals surface area (Å²) in [4.78, 5) is 20.5. The van der Waals surface area contributed by atoms with Gasteiger partial charge in [-0.05, 0) is 24.7 Å². The maximum atomic E-state index is 10.9. The third kappa shape index (κ3) is 9.73. The van der Waals surface area contributed by atoms with Crippen molar-refractivity contribution in [2.24, 2.45) is 11.8 Å². The Hall–Kier alpha value is -0.570. The summed E-state index contributed by atoms with van der Waals surface area (Å²) in [6, 6.07) is 0. The predicted octanol–water partition coefficient (Wildman–Crippen LogP) is 3.33. The van der Waals surface area contributed by atoms with E-state index in [9.17, 15) is 4.79 Å².